The molecule has 3 heteroatoms. The normalized spacial score (nSPS) is 21.9. The van der Waals surface area contributed by atoms with Crippen LogP contribution in [-0.4, -0.2) is 18.3 Å². The first-order chi connectivity index (χ1) is 12.9. The molecule has 2 fully saturated rings. The van der Waals surface area contributed by atoms with Gasteiger partial charge in [-0.05, 0) is 75.0 Å². The van der Waals surface area contributed by atoms with Gasteiger partial charge in [-0.2, -0.15) is 0 Å². The van der Waals surface area contributed by atoms with Gasteiger partial charge < -0.3 is 9.31 Å². The average molecular weight is 360 g/mol. The van der Waals surface area contributed by atoms with E-state index in [1.54, 1.807) is 0 Å². The number of hydrogen-bond acceptors (Lipinski definition) is 2. The zero-order chi connectivity index (χ0) is 19.1. The second-order valence-electron chi connectivity index (χ2n) is 8.86. The van der Waals surface area contributed by atoms with Crippen molar-refractivity contribution >= 4 is 18.2 Å². The molecule has 2 aliphatic rings. The molecule has 4 rings (SSSR count). The van der Waals surface area contributed by atoms with Gasteiger partial charge in [-0.3, -0.25) is 0 Å². The van der Waals surface area contributed by atoms with Crippen molar-refractivity contribution < 1.29 is 9.31 Å². The summed E-state index contributed by atoms with van der Waals surface area (Å²) in [5.74, 6) is 0.779. The predicted molar refractivity (Wildman–Crippen MR) is 113 cm³/mol. The van der Waals surface area contributed by atoms with E-state index in [9.17, 15) is 0 Å². The first-order valence-corrected chi connectivity index (χ1v) is 10.1. The van der Waals surface area contributed by atoms with Crippen molar-refractivity contribution in [2.45, 2.75) is 58.2 Å². The fourth-order valence-corrected chi connectivity index (χ4v) is 3.66. The highest BCUT2D eigenvalue weighted by Gasteiger charge is 2.53. The lowest BCUT2D eigenvalue weighted by molar-refractivity contribution is 0.00578. The topological polar surface area (TPSA) is 18.5 Å². The van der Waals surface area contributed by atoms with E-state index < -0.39 is 0 Å². The highest BCUT2D eigenvalue weighted by molar-refractivity contribution is 6.71. The molecule has 0 N–H and O–H groups in total. The third-order valence-electron chi connectivity index (χ3n) is 6.21. The van der Waals surface area contributed by atoms with Crippen LogP contribution in [0.5, 0.6) is 0 Å². The lowest BCUT2D eigenvalue weighted by atomic mass is 9.69. The van der Waals surface area contributed by atoms with Gasteiger partial charge in [0.2, 0.25) is 0 Å². The van der Waals surface area contributed by atoms with Gasteiger partial charge in [-0.15, -0.1) is 0 Å². The summed E-state index contributed by atoms with van der Waals surface area (Å²) < 4.78 is 13.0. The van der Waals surface area contributed by atoms with E-state index in [4.69, 9.17) is 9.31 Å². The van der Waals surface area contributed by atoms with Gasteiger partial charge in [0.25, 0.3) is 0 Å². The van der Waals surface area contributed by atoms with E-state index in [-0.39, 0.29) is 18.3 Å². The Balaban J connectivity index is 1.87. The minimum absolute atomic E-state index is 0.348. The van der Waals surface area contributed by atoms with Crippen molar-refractivity contribution in [3.63, 3.8) is 0 Å². The largest absolute Gasteiger partial charge is 0.495 e. The van der Waals surface area contributed by atoms with E-state index >= 15 is 0 Å². The molecule has 2 aromatic rings. The third-order valence-corrected chi connectivity index (χ3v) is 6.21. The van der Waals surface area contributed by atoms with E-state index in [1.165, 1.54) is 35.0 Å². The Morgan fingerprint density at radius 2 is 1.30 bits per heavy atom. The lowest BCUT2D eigenvalue weighted by Gasteiger charge is -2.32. The van der Waals surface area contributed by atoms with Crippen molar-refractivity contribution in [1.82, 2.24) is 0 Å². The average Bonchev–Trinajstić information content (AvgIpc) is 3.42. The monoisotopic (exact) mass is 360 g/mol. The summed E-state index contributed by atoms with van der Waals surface area (Å²) in [6.07, 6.45) is 3.72. The fraction of sp³-hybridized carbons (Fsp3) is 0.417. The van der Waals surface area contributed by atoms with Crippen LogP contribution in [-0.2, 0) is 9.31 Å². The molecular formula is C24H29BO2. The second kappa shape index (κ2) is 6.96. The van der Waals surface area contributed by atoms with E-state index in [1.807, 2.05) is 0 Å². The quantitative estimate of drug-likeness (QED) is 0.479. The Bertz CT molecular complexity index is 804. The molecule has 0 radical (unpaired) electrons. The number of benzene rings is 2. The molecule has 1 aliphatic carbocycles. The number of allylic oxidation sites excluding steroid dienone is 1. The van der Waals surface area contributed by atoms with E-state index in [2.05, 4.69) is 88.4 Å². The Hall–Kier alpha value is -1.84. The maximum atomic E-state index is 6.50. The summed E-state index contributed by atoms with van der Waals surface area (Å²) in [7, 11) is -0.355. The molecule has 2 aromatic carbocycles. The first kappa shape index (κ1) is 18.5. The van der Waals surface area contributed by atoms with Crippen LogP contribution in [0.15, 0.2) is 60.7 Å². The van der Waals surface area contributed by atoms with Gasteiger partial charge in [-0.25, -0.2) is 0 Å². The molecule has 1 saturated heterocycles. The van der Waals surface area contributed by atoms with Crippen molar-refractivity contribution in [3.8, 4) is 0 Å². The van der Waals surface area contributed by atoms with Crippen molar-refractivity contribution in [1.29, 1.82) is 0 Å². The Morgan fingerprint density at radius 3 is 1.78 bits per heavy atom. The maximum absolute atomic E-state index is 6.50. The van der Waals surface area contributed by atoms with Gasteiger partial charge in [0, 0.05) is 0 Å². The summed E-state index contributed by atoms with van der Waals surface area (Å²) in [5.41, 5.74) is 4.32. The smallest absolute Gasteiger partial charge is 0.399 e. The number of rotatable bonds is 5. The molecule has 1 heterocycles. The molecule has 140 valence electrons. The molecule has 1 saturated carbocycles. The van der Waals surface area contributed by atoms with Crippen LogP contribution in [0.25, 0.3) is 11.0 Å². The highest BCUT2D eigenvalue weighted by Crippen LogP contribution is 2.46. The van der Waals surface area contributed by atoms with Crippen molar-refractivity contribution in [3.05, 3.63) is 71.8 Å². The van der Waals surface area contributed by atoms with Crippen molar-refractivity contribution in [2.24, 2.45) is 5.92 Å². The molecule has 0 atom stereocenters. The summed E-state index contributed by atoms with van der Waals surface area (Å²) in [6, 6.07) is 21.4. The molecule has 0 spiro atoms. The summed E-state index contributed by atoms with van der Waals surface area (Å²) >= 11 is 0. The summed E-state index contributed by atoms with van der Waals surface area (Å²) in [5, 5.41) is 0. The zero-order valence-corrected chi connectivity index (χ0v) is 16.9. The van der Waals surface area contributed by atoms with E-state index in [0.29, 0.717) is 0 Å². The van der Waals surface area contributed by atoms with Crippen LogP contribution in [0.4, 0.5) is 0 Å². The summed E-state index contributed by atoms with van der Waals surface area (Å²) in [4.78, 5) is 0. The van der Waals surface area contributed by atoms with Crippen LogP contribution in [0.3, 0.4) is 0 Å². The van der Waals surface area contributed by atoms with Crippen LogP contribution in [0.1, 0.15) is 58.1 Å². The van der Waals surface area contributed by atoms with Gasteiger partial charge in [0.05, 0.1) is 11.2 Å². The fourth-order valence-electron chi connectivity index (χ4n) is 3.66. The molecule has 0 unspecified atom stereocenters. The lowest BCUT2D eigenvalue weighted by Crippen LogP contribution is -2.41. The second-order valence-corrected chi connectivity index (χ2v) is 8.86. The Kier molecular flexibility index (Phi) is 4.77. The standard InChI is InChI=1S/C24H29BO2/c1-23(2)24(3,4)27-25(26-23)22(20-13-9-6-10-14-20)21(17-18-15-16-18)19-11-7-5-8-12-19/h5-14,18H,15-17H2,1-4H3/b22-21+. The molecule has 0 aromatic heterocycles. The highest BCUT2D eigenvalue weighted by atomic mass is 16.7. The Morgan fingerprint density at radius 1 is 0.815 bits per heavy atom. The minimum Gasteiger partial charge on any atom is -0.399 e. The minimum atomic E-state index is -0.355. The third kappa shape index (κ3) is 3.76. The van der Waals surface area contributed by atoms with Gasteiger partial charge in [-0.1, -0.05) is 60.7 Å². The molecular weight excluding hydrogens is 331 g/mol. The first-order valence-electron chi connectivity index (χ1n) is 10.1. The number of hydrogen-bond donors (Lipinski definition) is 0. The van der Waals surface area contributed by atoms with Crippen LogP contribution < -0.4 is 0 Å². The van der Waals surface area contributed by atoms with Gasteiger partial charge in [0.15, 0.2) is 0 Å². The molecule has 27 heavy (non-hydrogen) atoms. The van der Waals surface area contributed by atoms with Crippen LogP contribution in [0.2, 0.25) is 0 Å². The zero-order valence-electron chi connectivity index (χ0n) is 16.9. The van der Waals surface area contributed by atoms with Crippen molar-refractivity contribution in [2.75, 3.05) is 0 Å². The SMILES string of the molecule is CC1(C)OB(/C(=C(\CC2CC2)c2ccccc2)c2ccccc2)OC1(C)C. The maximum Gasteiger partial charge on any atom is 0.495 e. The van der Waals surface area contributed by atoms with Crippen LogP contribution in [0, 0.1) is 5.92 Å². The van der Waals surface area contributed by atoms with Gasteiger partial charge in [0.1, 0.15) is 0 Å². The molecule has 0 bridgehead atoms. The Labute approximate surface area is 163 Å². The molecule has 0 amide bonds. The van der Waals surface area contributed by atoms with Crippen LogP contribution >= 0.6 is 0 Å². The molecule has 1 aliphatic heterocycles. The molecule has 2 nitrogen and oxygen atoms in total. The summed E-state index contributed by atoms with van der Waals surface area (Å²) in [6.45, 7) is 8.49. The van der Waals surface area contributed by atoms with E-state index in [0.717, 1.165) is 12.3 Å². The predicted octanol–water partition coefficient (Wildman–Crippen LogP) is 6.03. The van der Waals surface area contributed by atoms with Gasteiger partial charge >= 0.3 is 7.12 Å².